The van der Waals surface area contributed by atoms with Gasteiger partial charge in [-0.1, -0.05) is 109 Å². The fraction of sp³-hybridized carbons (Fsp3) is 0.171. The highest BCUT2D eigenvalue weighted by atomic mass is 16.5. The lowest BCUT2D eigenvalue weighted by Crippen LogP contribution is -2.49. The van der Waals surface area contributed by atoms with Gasteiger partial charge in [0.2, 0.25) is 0 Å². The first-order valence-electron chi connectivity index (χ1n) is 13.5. The molecule has 0 amide bonds. The van der Waals surface area contributed by atoms with Crippen LogP contribution < -0.4 is 5.46 Å². The molecule has 0 unspecified atom stereocenters. The third-order valence-electron chi connectivity index (χ3n) is 7.42. The van der Waals surface area contributed by atoms with Gasteiger partial charge in [0.1, 0.15) is 11.6 Å². The first-order chi connectivity index (χ1) is 19.7. The number of aliphatic hydroxyl groups is 1. The van der Waals surface area contributed by atoms with Gasteiger partial charge in [-0.15, -0.1) is 0 Å². The molecule has 5 aromatic rings. The summed E-state index contributed by atoms with van der Waals surface area (Å²) < 4.78 is 5.98. The fourth-order valence-corrected chi connectivity index (χ4v) is 4.29. The van der Waals surface area contributed by atoms with Crippen molar-refractivity contribution in [1.29, 1.82) is 5.26 Å². The number of rotatable bonds is 8. The van der Waals surface area contributed by atoms with E-state index in [0.29, 0.717) is 22.8 Å². The van der Waals surface area contributed by atoms with Gasteiger partial charge in [-0.25, -0.2) is 9.97 Å². The molecule has 0 aliphatic carbocycles. The summed E-state index contributed by atoms with van der Waals surface area (Å²) in [5, 5.41) is 20.8. The molecule has 0 aliphatic heterocycles. The first kappa shape index (κ1) is 28.0. The van der Waals surface area contributed by atoms with E-state index in [0.717, 1.165) is 33.3 Å². The third kappa shape index (κ3) is 6.12. The minimum Gasteiger partial charge on any atom is -0.427 e. The Morgan fingerprint density at radius 1 is 0.659 bits per heavy atom. The van der Waals surface area contributed by atoms with Crippen LogP contribution in [0.25, 0.3) is 45.0 Å². The second-order valence-electron chi connectivity index (χ2n) is 11.0. The number of nitrogens with zero attached hydrogens (tertiary/aromatic N) is 3. The van der Waals surface area contributed by atoms with Gasteiger partial charge in [0.25, 0.3) is 0 Å². The minimum absolute atomic E-state index is 0.428. The van der Waals surface area contributed by atoms with E-state index in [1.165, 1.54) is 0 Å². The van der Waals surface area contributed by atoms with E-state index >= 15 is 0 Å². The Bertz CT molecular complexity index is 1710. The van der Waals surface area contributed by atoms with Gasteiger partial charge in [-0.05, 0) is 44.9 Å². The lowest BCUT2D eigenvalue weighted by atomic mass is 9.81. The van der Waals surface area contributed by atoms with Crippen molar-refractivity contribution in [3.63, 3.8) is 0 Å². The van der Waals surface area contributed by atoms with Crippen molar-refractivity contribution in [3.05, 3.63) is 115 Å². The first-order valence-corrected chi connectivity index (χ1v) is 13.5. The van der Waals surface area contributed by atoms with Gasteiger partial charge in [-0.2, -0.15) is 5.26 Å². The topological polar surface area (TPSA) is 79.0 Å². The van der Waals surface area contributed by atoms with Crippen LogP contribution in [0.4, 0.5) is 0 Å². The highest BCUT2D eigenvalue weighted by Gasteiger charge is 2.35. The molecular weight excluding hydrogens is 505 g/mol. The summed E-state index contributed by atoms with van der Waals surface area (Å²) in [4.78, 5) is 9.77. The molecule has 0 saturated heterocycles. The Morgan fingerprint density at radius 3 is 1.78 bits per heavy atom. The molecule has 1 radical (unpaired) electrons. The number of nitriles is 1. The summed E-state index contributed by atoms with van der Waals surface area (Å²) in [6.07, 6.45) is 0. The van der Waals surface area contributed by atoms with Crippen LogP contribution in [-0.2, 0) is 4.65 Å². The summed E-state index contributed by atoms with van der Waals surface area (Å²) in [5.74, 6) is 0.562. The van der Waals surface area contributed by atoms with Crippen LogP contribution in [0.5, 0.6) is 0 Å². The van der Waals surface area contributed by atoms with Crippen molar-refractivity contribution in [2.45, 2.75) is 38.9 Å². The van der Waals surface area contributed by atoms with E-state index in [2.05, 4.69) is 6.07 Å². The number of hydrogen-bond acceptors (Lipinski definition) is 5. The van der Waals surface area contributed by atoms with Gasteiger partial charge >= 0.3 is 7.48 Å². The molecule has 5 rings (SSSR count). The van der Waals surface area contributed by atoms with E-state index in [9.17, 15) is 10.4 Å². The van der Waals surface area contributed by atoms with Crippen molar-refractivity contribution >= 4 is 12.9 Å². The summed E-state index contributed by atoms with van der Waals surface area (Å²) in [6, 6.07) is 38.0. The molecule has 5 nitrogen and oxygen atoms in total. The zero-order valence-corrected chi connectivity index (χ0v) is 23.7. The average Bonchev–Trinajstić information content (AvgIpc) is 3.00. The van der Waals surface area contributed by atoms with Gasteiger partial charge in [0.05, 0.1) is 22.6 Å². The molecule has 201 valence electrons. The molecule has 0 aliphatic rings. The maximum Gasteiger partial charge on any atom is 0.330 e. The van der Waals surface area contributed by atoms with Gasteiger partial charge < -0.3 is 9.76 Å². The predicted molar refractivity (Wildman–Crippen MR) is 165 cm³/mol. The van der Waals surface area contributed by atoms with Crippen molar-refractivity contribution in [2.75, 3.05) is 0 Å². The molecule has 6 heteroatoms. The van der Waals surface area contributed by atoms with E-state index < -0.39 is 11.2 Å². The van der Waals surface area contributed by atoms with Crippen molar-refractivity contribution in [2.24, 2.45) is 0 Å². The van der Waals surface area contributed by atoms with Crippen LogP contribution in [0.3, 0.4) is 0 Å². The molecule has 0 bridgehead atoms. The zero-order valence-electron chi connectivity index (χ0n) is 23.7. The number of aromatic nitrogens is 2. The van der Waals surface area contributed by atoms with Crippen LogP contribution in [0.2, 0.25) is 0 Å². The molecule has 1 N–H and O–H groups in total. The lowest BCUT2D eigenvalue weighted by Gasteiger charge is -2.37. The van der Waals surface area contributed by atoms with Crippen LogP contribution in [0.1, 0.15) is 33.3 Å². The summed E-state index contributed by atoms with van der Waals surface area (Å²) >= 11 is 0. The average molecular weight is 536 g/mol. The zero-order chi connectivity index (χ0) is 29.0. The Kier molecular flexibility index (Phi) is 7.85. The fourth-order valence-electron chi connectivity index (χ4n) is 4.29. The molecule has 0 fully saturated rings. The van der Waals surface area contributed by atoms with Gasteiger partial charge in [0.15, 0.2) is 5.82 Å². The second kappa shape index (κ2) is 11.5. The highest BCUT2D eigenvalue weighted by molar-refractivity contribution is 6.47. The number of benzene rings is 4. The second-order valence-corrected chi connectivity index (χ2v) is 11.0. The molecule has 0 spiro atoms. The third-order valence-corrected chi connectivity index (χ3v) is 7.42. The van der Waals surface area contributed by atoms with Crippen LogP contribution in [-0.4, -0.2) is 33.8 Å². The SMILES string of the molecule is CC(C)(O)C(C)(C)O[B]c1cccc(-c2cccc(-c3nc(-c4ccccc4)nc(-c4ccccc4)c3C#N)c2)c1. The largest absolute Gasteiger partial charge is 0.427 e. The minimum atomic E-state index is -1.01. The van der Waals surface area contributed by atoms with Crippen molar-refractivity contribution in [3.8, 4) is 51.1 Å². The normalized spacial score (nSPS) is 11.6. The molecule has 0 atom stereocenters. The molecule has 4 aromatic carbocycles. The Labute approximate surface area is 242 Å². The molecule has 0 saturated carbocycles. The summed E-state index contributed by atoms with van der Waals surface area (Å²) in [6.45, 7) is 7.19. The van der Waals surface area contributed by atoms with Gasteiger partial charge in [-0.3, -0.25) is 0 Å². The highest BCUT2D eigenvalue weighted by Crippen LogP contribution is 2.34. The van der Waals surface area contributed by atoms with E-state index in [1.807, 2.05) is 123 Å². The van der Waals surface area contributed by atoms with Crippen molar-refractivity contribution in [1.82, 2.24) is 9.97 Å². The monoisotopic (exact) mass is 536 g/mol. The Morgan fingerprint density at radius 2 is 1.17 bits per heavy atom. The van der Waals surface area contributed by atoms with E-state index in [1.54, 1.807) is 21.3 Å². The summed E-state index contributed by atoms with van der Waals surface area (Å²) in [5.41, 5.74) is 5.24. The molecular formula is C35H31BN3O2. The van der Waals surface area contributed by atoms with Crippen molar-refractivity contribution < 1.29 is 9.76 Å². The molecule has 1 aromatic heterocycles. The molecule has 41 heavy (non-hydrogen) atoms. The predicted octanol–water partition coefficient (Wildman–Crippen LogP) is 6.83. The van der Waals surface area contributed by atoms with E-state index in [-0.39, 0.29) is 0 Å². The lowest BCUT2D eigenvalue weighted by molar-refractivity contribution is -0.0893. The maximum atomic E-state index is 10.4. The van der Waals surface area contributed by atoms with Crippen LogP contribution >= 0.6 is 0 Å². The smallest absolute Gasteiger partial charge is 0.330 e. The van der Waals surface area contributed by atoms with Gasteiger partial charge in [0, 0.05) is 16.7 Å². The maximum absolute atomic E-state index is 10.4. The van der Waals surface area contributed by atoms with Crippen LogP contribution in [0, 0.1) is 11.3 Å². The Hall–Kier alpha value is -4.57. The summed E-state index contributed by atoms with van der Waals surface area (Å²) in [7, 11) is 1.68. The Balaban J connectivity index is 1.57. The number of hydrogen-bond donors (Lipinski definition) is 1. The van der Waals surface area contributed by atoms with Crippen LogP contribution in [0.15, 0.2) is 109 Å². The van der Waals surface area contributed by atoms with E-state index in [4.69, 9.17) is 14.6 Å². The standard InChI is InChI=1S/C35H31BN3O2/c1-34(2,40)35(3,4)41-36-29-20-12-18-27(22-29)26-17-11-19-28(21-26)32-30(23-37)31(24-13-7-5-8-14-24)38-33(39-32)25-15-9-6-10-16-25/h5-22,40H,1-4H3. The molecule has 1 heterocycles. The quantitative estimate of drug-likeness (QED) is 0.220.